The monoisotopic (exact) mass is 425 g/mol. The fourth-order valence-corrected chi connectivity index (χ4v) is 3.14. The van der Waals surface area contributed by atoms with E-state index in [-0.39, 0.29) is 35.1 Å². The van der Waals surface area contributed by atoms with Gasteiger partial charge in [-0.3, -0.25) is 18.1 Å². The van der Waals surface area contributed by atoms with Crippen LogP contribution in [0, 0.1) is 0 Å². The lowest BCUT2D eigenvalue weighted by Gasteiger charge is -2.28. The molecular formula is C18H18ClN2O6S-. The van der Waals surface area contributed by atoms with E-state index in [9.17, 15) is 18.4 Å². The van der Waals surface area contributed by atoms with Gasteiger partial charge in [0.2, 0.25) is 0 Å². The minimum absolute atomic E-state index is 0.0168. The summed E-state index contributed by atoms with van der Waals surface area (Å²) in [7, 11) is 1.49. The van der Waals surface area contributed by atoms with E-state index < -0.39 is 23.1 Å². The van der Waals surface area contributed by atoms with Crippen LogP contribution in [0.3, 0.4) is 0 Å². The van der Waals surface area contributed by atoms with Gasteiger partial charge in [0.05, 0.1) is 41.9 Å². The number of halogens is 1. The summed E-state index contributed by atoms with van der Waals surface area (Å²) in [5, 5.41) is 2.63. The van der Waals surface area contributed by atoms with Crippen LogP contribution in [0.5, 0.6) is 5.75 Å². The van der Waals surface area contributed by atoms with E-state index in [2.05, 4.69) is 5.32 Å². The molecule has 0 radical (unpaired) electrons. The molecule has 8 nitrogen and oxygen atoms in total. The normalized spacial score (nSPS) is 11.4. The van der Waals surface area contributed by atoms with Crippen LogP contribution >= 0.6 is 11.6 Å². The van der Waals surface area contributed by atoms with Gasteiger partial charge in [-0.25, -0.2) is 0 Å². The van der Waals surface area contributed by atoms with Crippen molar-refractivity contribution in [3.63, 3.8) is 0 Å². The number of hydrogen-bond acceptors (Lipinski definition) is 6. The van der Waals surface area contributed by atoms with Crippen molar-refractivity contribution in [3.05, 3.63) is 53.1 Å². The van der Waals surface area contributed by atoms with Gasteiger partial charge >= 0.3 is 5.97 Å². The van der Waals surface area contributed by atoms with Crippen LogP contribution in [0.2, 0.25) is 5.02 Å². The van der Waals surface area contributed by atoms with Gasteiger partial charge in [-0.05, 0) is 49.4 Å². The molecule has 0 saturated carbocycles. The van der Waals surface area contributed by atoms with E-state index >= 15 is 0 Å². The maximum Gasteiger partial charge on any atom is 0.325 e. The summed E-state index contributed by atoms with van der Waals surface area (Å²) in [5.74, 6) is -0.739. The van der Waals surface area contributed by atoms with E-state index in [4.69, 9.17) is 21.1 Å². The van der Waals surface area contributed by atoms with Crippen molar-refractivity contribution in [2.75, 3.05) is 24.6 Å². The summed E-state index contributed by atoms with van der Waals surface area (Å²) >= 11 is 3.25. The molecule has 1 N–H and O–H groups in total. The van der Waals surface area contributed by atoms with Gasteiger partial charge in [-0.15, -0.1) is 0 Å². The fourth-order valence-electron chi connectivity index (χ4n) is 2.35. The lowest BCUT2D eigenvalue weighted by molar-refractivity contribution is -0.141. The second-order valence-corrected chi connectivity index (χ2v) is 6.59. The summed E-state index contributed by atoms with van der Waals surface area (Å²) in [5.41, 5.74) is 0.344. The average molecular weight is 426 g/mol. The Morgan fingerprint density at radius 3 is 2.46 bits per heavy atom. The summed E-state index contributed by atoms with van der Waals surface area (Å²) in [6.07, 6.45) is 0. The number of hydrogen-bond donors (Lipinski definition) is 1. The second-order valence-electron chi connectivity index (χ2n) is 5.36. The van der Waals surface area contributed by atoms with Crippen molar-refractivity contribution < 1.29 is 27.8 Å². The minimum atomic E-state index is -2.74. The van der Waals surface area contributed by atoms with Gasteiger partial charge in [0, 0.05) is 5.02 Å². The third-order valence-electron chi connectivity index (χ3n) is 3.58. The van der Waals surface area contributed by atoms with Crippen molar-refractivity contribution in [3.8, 4) is 5.75 Å². The van der Waals surface area contributed by atoms with Gasteiger partial charge in [0.25, 0.3) is 5.91 Å². The Morgan fingerprint density at radius 2 is 1.89 bits per heavy atom. The molecule has 10 heteroatoms. The number of amides is 1. The third kappa shape index (κ3) is 5.44. The lowest BCUT2D eigenvalue weighted by Crippen LogP contribution is -2.32. The van der Waals surface area contributed by atoms with Crippen LogP contribution in [-0.4, -0.2) is 40.9 Å². The Hall–Kier alpha value is -2.62. The number of anilines is 2. The first-order valence-corrected chi connectivity index (χ1v) is 9.55. The first kappa shape index (κ1) is 21.7. The molecule has 0 fully saturated rings. The number of nitrogens with one attached hydrogen (secondary N) is 1. The molecular weight excluding hydrogens is 408 g/mol. The molecule has 0 heterocycles. The third-order valence-corrected chi connectivity index (χ3v) is 4.52. The Labute approximate surface area is 169 Å². The summed E-state index contributed by atoms with van der Waals surface area (Å²) in [6, 6.07) is 10.4. The molecule has 2 aromatic carbocycles. The Morgan fingerprint density at radius 1 is 1.21 bits per heavy atom. The predicted octanol–water partition coefficient (Wildman–Crippen LogP) is 2.57. The van der Waals surface area contributed by atoms with Gasteiger partial charge in [0.1, 0.15) is 12.3 Å². The molecule has 1 unspecified atom stereocenters. The first-order chi connectivity index (χ1) is 13.4. The molecule has 1 atom stereocenters. The van der Waals surface area contributed by atoms with Crippen molar-refractivity contribution in [2.24, 2.45) is 0 Å². The van der Waals surface area contributed by atoms with E-state index in [1.807, 2.05) is 0 Å². The molecule has 0 aliphatic heterocycles. The molecule has 2 aromatic rings. The number of nitrogens with zero attached hydrogens (tertiary/aromatic N) is 1. The first-order valence-electron chi connectivity index (χ1n) is 8.14. The maximum atomic E-state index is 12.6. The molecule has 0 aliphatic carbocycles. The summed E-state index contributed by atoms with van der Waals surface area (Å²) < 4.78 is 34.6. The molecule has 0 spiro atoms. The zero-order valence-electron chi connectivity index (χ0n) is 15.1. The molecule has 28 heavy (non-hydrogen) atoms. The number of carbonyl (C=O) groups is 2. The van der Waals surface area contributed by atoms with Gasteiger partial charge < -0.3 is 19.3 Å². The molecule has 1 amide bonds. The fraction of sp³-hybridized carbons (Fsp3) is 0.222. The summed E-state index contributed by atoms with van der Waals surface area (Å²) in [4.78, 5) is 24.0. The van der Waals surface area contributed by atoms with Crippen LogP contribution < -0.4 is 14.4 Å². The highest BCUT2D eigenvalue weighted by atomic mass is 35.5. The largest absolute Gasteiger partial charge is 0.755 e. The lowest BCUT2D eigenvalue weighted by atomic mass is 10.1. The molecule has 0 bridgehead atoms. The van der Waals surface area contributed by atoms with Crippen molar-refractivity contribution in [1.29, 1.82) is 0 Å². The van der Waals surface area contributed by atoms with Gasteiger partial charge in [-0.1, -0.05) is 11.6 Å². The highest BCUT2D eigenvalue weighted by Crippen LogP contribution is 2.32. The Balaban J connectivity index is 2.40. The number of carbonyl (C=O) groups excluding carboxylic acids is 2. The van der Waals surface area contributed by atoms with Gasteiger partial charge in [0.15, 0.2) is 0 Å². The quantitative estimate of drug-likeness (QED) is 0.514. The van der Waals surface area contributed by atoms with E-state index in [1.165, 1.54) is 37.4 Å². The highest BCUT2D eigenvalue weighted by molar-refractivity contribution is 7.81. The molecule has 0 aromatic heterocycles. The Kier molecular flexibility index (Phi) is 7.80. The standard InChI is InChI=1S/C18H19ClN2O6S/c1-3-27-17(22)11-20-18(23)15-10-12(19)4-9-16(15)21(28(24)25)13-5-7-14(26-2)8-6-13/h4-10H,3,11H2,1-2H3,(H,20,23)(H,24,25)/p-1. The van der Waals surface area contributed by atoms with E-state index in [0.29, 0.717) is 5.75 Å². The van der Waals surface area contributed by atoms with Crippen LogP contribution in [0.25, 0.3) is 0 Å². The topological polar surface area (TPSA) is 108 Å². The van der Waals surface area contributed by atoms with Crippen molar-refractivity contribution in [1.82, 2.24) is 5.32 Å². The van der Waals surface area contributed by atoms with Crippen molar-refractivity contribution in [2.45, 2.75) is 6.92 Å². The molecule has 150 valence electrons. The number of esters is 1. The highest BCUT2D eigenvalue weighted by Gasteiger charge is 2.20. The molecule has 2 rings (SSSR count). The minimum Gasteiger partial charge on any atom is -0.755 e. The number of methoxy groups -OCH3 is 1. The van der Waals surface area contributed by atoms with E-state index in [0.717, 1.165) is 4.31 Å². The second kappa shape index (κ2) is 10.1. The van der Waals surface area contributed by atoms with Crippen molar-refractivity contribution >= 4 is 46.1 Å². The van der Waals surface area contributed by atoms with Crippen LogP contribution in [0.1, 0.15) is 17.3 Å². The smallest absolute Gasteiger partial charge is 0.325 e. The maximum absolute atomic E-state index is 12.6. The van der Waals surface area contributed by atoms with Gasteiger partial charge in [-0.2, -0.15) is 0 Å². The summed E-state index contributed by atoms with van der Waals surface area (Å²) in [6.45, 7) is 1.46. The molecule has 0 aliphatic rings. The average Bonchev–Trinajstić information content (AvgIpc) is 2.68. The predicted molar refractivity (Wildman–Crippen MR) is 104 cm³/mol. The van der Waals surface area contributed by atoms with E-state index in [1.54, 1.807) is 19.1 Å². The van der Waals surface area contributed by atoms with Crippen LogP contribution in [0.4, 0.5) is 11.4 Å². The van der Waals surface area contributed by atoms with Crippen LogP contribution in [0.15, 0.2) is 42.5 Å². The zero-order valence-corrected chi connectivity index (χ0v) is 16.7. The number of ether oxygens (including phenoxy) is 2. The molecule has 0 saturated heterocycles. The van der Waals surface area contributed by atoms with Crippen LogP contribution in [-0.2, 0) is 20.8 Å². The number of benzene rings is 2. The Bertz CT molecular complexity index is 875. The zero-order chi connectivity index (χ0) is 20.7. The number of rotatable bonds is 8. The SMILES string of the molecule is CCOC(=O)CNC(=O)c1cc(Cl)ccc1N(c1ccc(OC)cc1)S(=O)[O-].